The zero-order valence-electron chi connectivity index (χ0n) is 8.92. The normalized spacial score (nSPS) is 27.9. The van der Waals surface area contributed by atoms with E-state index in [9.17, 15) is 9.59 Å². The largest absolute Gasteiger partial charge is 0.394 e. The standard InChI is InChI=1S/C10H11N3O4/c11-6-10(3-1-7(5-14)17-10)13-4-2-8(15)12-9(13)16/h2,4,7,14H,1,3,5H2,(H,12,15,16)/t7-,10-/m0/s1. The highest BCUT2D eigenvalue weighted by atomic mass is 16.5. The summed E-state index contributed by atoms with van der Waals surface area (Å²) in [5, 5.41) is 18.1. The quantitative estimate of drug-likeness (QED) is 0.677. The Kier molecular flexibility index (Phi) is 2.83. The number of aromatic amines is 1. The van der Waals surface area contributed by atoms with E-state index < -0.39 is 23.1 Å². The lowest BCUT2D eigenvalue weighted by Crippen LogP contribution is -2.43. The summed E-state index contributed by atoms with van der Waals surface area (Å²) in [6.07, 6.45) is 1.54. The lowest BCUT2D eigenvalue weighted by molar-refractivity contribution is -0.0740. The van der Waals surface area contributed by atoms with Crippen LogP contribution in [0.2, 0.25) is 0 Å². The summed E-state index contributed by atoms with van der Waals surface area (Å²) < 4.78 is 6.43. The van der Waals surface area contributed by atoms with Gasteiger partial charge in [0.15, 0.2) is 0 Å². The molecule has 1 saturated heterocycles. The van der Waals surface area contributed by atoms with Crippen LogP contribution in [0, 0.1) is 11.3 Å². The number of hydrogen-bond acceptors (Lipinski definition) is 5. The molecule has 1 aliphatic heterocycles. The third-order valence-electron chi connectivity index (χ3n) is 2.76. The molecular weight excluding hydrogens is 226 g/mol. The van der Waals surface area contributed by atoms with Crippen LogP contribution < -0.4 is 11.2 Å². The molecule has 0 aromatic carbocycles. The number of nitriles is 1. The molecule has 0 amide bonds. The van der Waals surface area contributed by atoms with Gasteiger partial charge in [-0.25, -0.2) is 4.79 Å². The van der Waals surface area contributed by atoms with Crippen LogP contribution in [-0.4, -0.2) is 27.4 Å². The summed E-state index contributed by atoms with van der Waals surface area (Å²) in [6.45, 7) is -0.207. The summed E-state index contributed by atoms with van der Waals surface area (Å²) in [5.41, 5.74) is -2.66. The number of nitrogens with one attached hydrogen (secondary N) is 1. The predicted octanol–water partition coefficient (Wildman–Crippen LogP) is -1.12. The molecule has 1 aromatic rings. The number of aromatic nitrogens is 2. The van der Waals surface area contributed by atoms with Crippen molar-refractivity contribution in [1.82, 2.24) is 9.55 Å². The molecule has 1 aliphatic rings. The Balaban J connectivity index is 2.47. The molecule has 2 atom stereocenters. The SMILES string of the molecule is N#C[C@]1(n2ccc(=O)[nH]c2=O)CC[C@@H](CO)O1. The molecule has 1 fully saturated rings. The smallest absolute Gasteiger partial charge is 0.331 e. The van der Waals surface area contributed by atoms with E-state index in [1.807, 2.05) is 6.07 Å². The molecule has 7 heteroatoms. The van der Waals surface area contributed by atoms with Crippen molar-refractivity contribution in [2.75, 3.05) is 6.61 Å². The molecule has 2 N–H and O–H groups in total. The first kappa shape index (κ1) is 11.6. The van der Waals surface area contributed by atoms with E-state index in [2.05, 4.69) is 4.98 Å². The van der Waals surface area contributed by atoms with E-state index in [0.717, 1.165) is 10.6 Å². The Labute approximate surface area is 95.9 Å². The lowest BCUT2D eigenvalue weighted by atomic mass is 10.1. The van der Waals surface area contributed by atoms with Crippen molar-refractivity contribution in [2.45, 2.75) is 24.7 Å². The van der Waals surface area contributed by atoms with Gasteiger partial charge in [0, 0.05) is 18.7 Å². The maximum absolute atomic E-state index is 11.6. The Bertz CT molecular complexity index is 570. The monoisotopic (exact) mass is 237 g/mol. The third kappa shape index (κ3) is 1.88. The van der Waals surface area contributed by atoms with E-state index >= 15 is 0 Å². The molecule has 1 aromatic heterocycles. The van der Waals surface area contributed by atoms with Crippen molar-refractivity contribution >= 4 is 0 Å². The fourth-order valence-electron chi connectivity index (χ4n) is 1.89. The summed E-state index contributed by atoms with van der Waals surface area (Å²) in [7, 11) is 0. The zero-order chi connectivity index (χ0) is 12.5. The maximum Gasteiger partial charge on any atom is 0.331 e. The van der Waals surface area contributed by atoms with Crippen LogP contribution in [0.15, 0.2) is 21.9 Å². The zero-order valence-corrected chi connectivity index (χ0v) is 8.92. The third-order valence-corrected chi connectivity index (χ3v) is 2.76. The minimum atomic E-state index is -1.44. The van der Waals surface area contributed by atoms with Crippen molar-refractivity contribution in [3.63, 3.8) is 0 Å². The number of H-pyrrole nitrogens is 1. The number of aliphatic hydroxyl groups excluding tert-OH is 1. The fourth-order valence-corrected chi connectivity index (χ4v) is 1.89. The average Bonchev–Trinajstić information content (AvgIpc) is 2.74. The first-order valence-corrected chi connectivity index (χ1v) is 5.14. The molecule has 2 heterocycles. The van der Waals surface area contributed by atoms with Crippen LogP contribution in [0.3, 0.4) is 0 Å². The summed E-state index contributed by atoms with van der Waals surface area (Å²) in [6, 6.07) is 3.07. The Morgan fingerprint density at radius 2 is 2.47 bits per heavy atom. The first-order valence-electron chi connectivity index (χ1n) is 5.14. The maximum atomic E-state index is 11.6. The van der Waals surface area contributed by atoms with Crippen molar-refractivity contribution in [2.24, 2.45) is 0 Å². The molecular formula is C10H11N3O4. The molecule has 0 spiro atoms. The second-order valence-corrected chi connectivity index (χ2v) is 3.84. The minimum Gasteiger partial charge on any atom is -0.394 e. The lowest BCUT2D eigenvalue weighted by Gasteiger charge is -2.23. The number of ether oxygens (including phenoxy) is 1. The van der Waals surface area contributed by atoms with Gasteiger partial charge in [-0.15, -0.1) is 0 Å². The van der Waals surface area contributed by atoms with Crippen molar-refractivity contribution < 1.29 is 9.84 Å². The van der Waals surface area contributed by atoms with Gasteiger partial charge in [-0.05, 0) is 6.42 Å². The van der Waals surface area contributed by atoms with Crippen LogP contribution in [-0.2, 0) is 10.5 Å². The highest BCUT2D eigenvalue weighted by molar-refractivity contribution is 5.04. The molecule has 2 rings (SSSR count). The number of hydrogen-bond donors (Lipinski definition) is 2. The van der Waals surface area contributed by atoms with E-state index in [1.165, 1.54) is 6.20 Å². The second-order valence-electron chi connectivity index (χ2n) is 3.84. The van der Waals surface area contributed by atoms with Gasteiger partial charge in [-0.2, -0.15) is 5.26 Å². The molecule has 7 nitrogen and oxygen atoms in total. The summed E-state index contributed by atoms with van der Waals surface area (Å²) in [5.74, 6) is 0. The van der Waals surface area contributed by atoms with Gasteiger partial charge in [0.25, 0.3) is 5.56 Å². The van der Waals surface area contributed by atoms with Gasteiger partial charge in [0.1, 0.15) is 6.07 Å². The van der Waals surface area contributed by atoms with Crippen LogP contribution in [0.4, 0.5) is 0 Å². The highest BCUT2D eigenvalue weighted by Crippen LogP contribution is 2.32. The van der Waals surface area contributed by atoms with Gasteiger partial charge in [0.2, 0.25) is 5.72 Å². The van der Waals surface area contributed by atoms with Crippen LogP contribution in [0.25, 0.3) is 0 Å². The van der Waals surface area contributed by atoms with Gasteiger partial charge in [-0.3, -0.25) is 14.3 Å². The van der Waals surface area contributed by atoms with Crippen molar-refractivity contribution in [3.8, 4) is 6.07 Å². The minimum absolute atomic E-state index is 0.207. The molecule has 0 radical (unpaired) electrons. The molecule has 0 saturated carbocycles. The number of nitrogens with zero attached hydrogens (tertiary/aromatic N) is 2. The van der Waals surface area contributed by atoms with Crippen LogP contribution in [0.5, 0.6) is 0 Å². The van der Waals surface area contributed by atoms with Crippen molar-refractivity contribution in [3.05, 3.63) is 33.1 Å². The first-order chi connectivity index (χ1) is 8.11. The Hall–Kier alpha value is -1.91. The summed E-state index contributed by atoms with van der Waals surface area (Å²) in [4.78, 5) is 24.6. The van der Waals surface area contributed by atoms with Crippen LogP contribution >= 0.6 is 0 Å². The van der Waals surface area contributed by atoms with Gasteiger partial charge in [-0.1, -0.05) is 0 Å². The van der Waals surface area contributed by atoms with E-state index in [4.69, 9.17) is 15.1 Å². The predicted molar refractivity (Wildman–Crippen MR) is 56.1 cm³/mol. The van der Waals surface area contributed by atoms with E-state index in [-0.39, 0.29) is 6.61 Å². The molecule has 0 unspecified atom stereocenters. The van der Waals surface area contributed by atoms with Crippen LogP contribution in [0.1, 0.15) is 12.8 Å². The number of rotatable bonds is 2. The van der Waals surface area contributed by atoms with E-state index in [1.54, 1.807) is 0 Å². The Morgan fingerprint density at radius 3 is 3.00 bits per heavy atom. The molecule has 17 heavy (non-hydrogen) atoms. The van der Waals surface area contributed by atoms with Crippen molar-refractivity contribution in [1.29, 1.82) is 5.26 Å². The fraction of sp³-hybridized carbons (Fsp3) is 0.500. The second kappa shape index (κ2) is 4.16. The molecule has 0 aliphatic carbocycles. The highest BCUT2D eigenvalue weighted by Gasteiger charge is 2.42. The topological polar surface area (TPSA) is 108 Å². The van der Waals surface area contributed by atoms with Gasteiger partial charge in [0.05, 0.1) is 12.7 Å². The Morgan fingerprint density at radius 1 is 1.71 bits per heavy atom. The molecule has 90 valence electrons. The van der Waals surface area contributed by atoms with E-state index in [0.29, 0.717) is 12.8 Å². The summed E-state index contributed by atoms with van der Waals surface area (Å²) >= 11 is 0. The van der Waals surface area contributed by atoms with Gasteiger partial charge < -0.3 is 9.84 Å². The van der Waals surface area contributed by atoms with Gasteiger partial charge >= 0.3 is 5.69 Å². The average molecular weight is 237 g/mol. The molecule has 0 bridgehead atoms. The number of aliphatic hydroxyl groups is 1.